The number of hydrogen-bond acceptors (Lipinski definition) is 5. The number of methoxy groups -OCH3 is 1. The number of nitrogens with zero attached hydrogens (tertiary/aromatic N) is 1. The monoisotopic (exact) mass is 277 g/mol. The number of carbonyl (C=O) groups is 1. The zero-order chi connectivity index (χ0) is 13.8. The molecule has 0 amide bonds. The first-order chi connectivity index (χ1) is 9.11. The van der Waals surface area contributed by atoms with Crippen LogP contribution >= 0.6 is 11.3 Å². The van der Waals surface area contributed by atoms with E-state index >= 15 is 0 Å². The number of carbonyl (C=O) groups excluding carboxylic acids is 1. The Balaban J connectivity index is 2.29. The van der Waals surface area contributed by atoms with E-state index < -0.39 is 0 Å². The minimum absolute atomic E-state index is 0.0448. The topological polar surface area (TPSA) is 48.4 Å². The lowest BCUT2D eigenvalue weighted by Crippen LogP contribution is -2.07. The summed E-state index contributed by atoms with van der Waals surface area (Å²) in [5, 5.41) is 1.83. The molecule has 0 atom stereocenters. The smallest absolute Gasteiger partial charge is 0.208 e. The first kappa shape index (κ1) is 13.5. The molecule has 0 N–H and O–H groups in total. The molecule has 0 saturated heterocycles. The number of hydrogen-bond donors (Lipinski definition) is 0. The van der Waals surface area contributed by atoms with Crippen molar-refractivity contribution < 1.29 is 14.3 Å². The van der Waals surface area contributed by atoms with Gasteiger partial charge in [0.15, 0.2) is 0 Å². The Bertz CT molecular complexity index is 578. The van der Waals surface area contributed by atoms with Gasteiger partial charge in [-0.25, -0.2) is 0 Å². The maximum atomic E-state index is 12.4. The average Bonchev–Trinajstić information content (AvgIpc) is 2.85. The minimum Gasteiger partial charge on any atom is -0.495 e. The Morgan fingerprint density at radius 3 is 2.84 bits per heavy atom. The van der Waals surface area contributed by atoms with E-state index in [0.29, 0.717) is 21.9 Å². The summed E-state index contributed by atoms with van der Waals surface area (Å²) in [5.41, 5.74) is 0.499. The lowest BCUT2D eigenvalue weighted by atomic mass is 10.1. The van der Waals surface area contributed by atoms with Gasteiger partial charge in [0.1, 0.15) is 16.4 Å². The molecular formula is C14H15NO3S. The molecule has 2 heterocycles. The van der Waals surface area contributed by atoms with Gasteiger partial charge in [-0.3, -0.25) is 9.78 Å². The molecule has 5 heteroatoms. The lowest BCUT2D eigenvalue weighted by Gasteiger charge is -2.09. The maximum absolute atomic E-state index is 12.4. The van der Waals surface area contributed by atoms with Gasteiger partial charge in [-0.05, 0) is 31.4 Å². The normalized spacial score (nSPS) is 10.5. The molecule has 2 aromatic rings. The van der Waals surface area contributed by atoms with E-state index in [0.717, 1.165) is 0 Å². The van der Waals surface area contributed by atoms with Crippen molar-refractivity contribution in [1.82, 2.24) is 4.98 Å². The maximum Gasteiger partial charge on any atom is 0.208 e. The third-order valence-corrected chi connectivity index (χ3v) is 3.30. The van der Waals surface area contributed by atoms with Crippen LogP contribution in [0.3, 0.4) is 0 Å². The minimum atomic E-state index is -0.103. The highest BCUT2D eigenvalue weighted by molar-refractivity contribution is 7.12. The molecule has 0 aromatic carbocycles. The fraction of sp³-hybridized carbons (Fsp3) is 0.286. The molecule has 100 valence electrons. The van der Waals surface area contributed by atoms with Gasteiger partial charge < -0.3 is 9.47 Å². The van der Waals surface area contributed by atoms with Crippen molar-refractivity contribution in [3.8, 4) is 11.5 Å². The molecule has 2 aromatic heterocycles. The van der Waals surface area contributed by atoms with Crippen molar-refractivity contribution in [3.63, 3.8) is 0 Å². The molecule has 0 saturated carbocycles. The Morgan fingerprint density at radius 1 is 1.37 bits per heavy atom. The van der Waals surface area contributed by atoms with E-state index in [9.17, 15) is 4.79 Å². The van der Waals surface area contributed by atoms with Gasteiger partial charge >= 0.3 is 0 Å². The van der Waals surface area contributed by atoms with E-state index in [1.165, 1.54) is 17.5 Å². The van der Waals surface area contributed by atoms with Crippen LogP contribution in [-0.2, 0) is 0 Å². The SMILES string of the molecule is COc1ccsc1C(=O)c1cncc(OC(C)C)c1. The summed E-state index contributed by atoms with van der Waals surface area (Å²) in [6.45, 7) is 3.85. The summed E-state index contributed by atoms with van der Waals surface area (Å²) in [7, 11) is 1.55. The second-order valence-corrected chi connectivity index (χ2v) is 5.14. The fourth-order valence-corrected chi connectivity index (χ4v) is 2.45. The molecular weight excluding hydrogens is 262 g/mol. The Morgan fingerprint density at radius 2 is 2.16 bits per heavy atom. The summed E-state index contributed by atoms with van der Waals surface area (Å²) >= 11 is 1.35. The van der Waals surface area contributed by atoms with Crippen LogP contribution in [0.1, 0.15) is 29.1 Å². The molecule has 0 unspecified atom stereocenters. The summed E-state index contributed by atoms with van der Waals surface area (Å²) in [4.78, 5) is 17.0. The van der Waals surface area contributed by atoms with Crippen LogP contribution < -0.4 is 9.47 Å². The largest absolute Gasteiger partial charge is 0.495 e. The number of thiophene rings is 1. The summed E-state index contributed by atoms with van der Waals surface area (Å²) in [6.07, 6.45) is 3.18. The third-order valence-electron chi connectivity index (χ3n) is 2.40. The van der Waals surface area contributed by atoms with Gasteiger partial charge in [0.05, 0.1) is 19.4 Å². The molecule has 0 radical (unpaired) electrons. The van der Waals surface area contributed by atoms with Crippen molar-refractivity contribution in [2.24, 2.45) is 0 Å². The van der Waals surface area contributed by atoms with Crippen molar-refractivity contribution in [3.05, 3.63) is 40.3 Å². The highest BCUT2D eigenvalue weighted by Crippen LogP contribution is 2.27. The first-order valence-electron chi connectivity index (χ1n) is 5.89. The molecule has 2 rings (SSSR count). The molecule has 0 aliphatic rings. The zero-order valence-corrected chi connectivity index (χ0v) is 11.9. The van der Waals surface area contributed by atoms with E-state index in [4.69, 9.17) is 9.47 Å². The van der Waals surface area contributed by atoms with Crippen molar-refractivity contribution in [1.29, 1.82) is 0 Å². The highest BCUT2D eigenvalue weighted by Gasteiger charge is 2.17. The van der Waals surface area contributed by atoms with Gasteiger partial charge in [0.25, 0.3) is 0 Å². The van der Waals surface area contributed by atoms with Crippen LogP contribution in [0.25, 0.3) is 0 Å². The number of aromatic nitrogens is 1. The second-order valence-electron chi connectivity index (χ2n) is 4.22. The number of rotatable bonds is 5. The number of ether oxygens (including phenoxy) is 2. The van der Waals surface area contributed by atoms with Crippen LogP contribution in [0.5, 0.6) is 11.5 Å². The van der Waals surface area contributed by atoms with E-state index in [2.05, 4.69) is 4.98 Å². The molecule has 0 fully saturated rings. The van der Waals surface area contributed by atoms with Crippen molar-refractivity contribution in [2.45, 2.75) is 20.0 Å². The van der Waals surface area contributed by atoms with Gasteiger partial charge in [0.2, 0.25) is 5.78 Å². The summed E-state index contributed by atoms with van der Waals surface area (Å²) in [5.74, 6) is 1.08. The Kier molecular flexibility index (Phi) is 4.16. The second kappa shape index (κ2) is 5.84. The summed E-state index contributed by atoms with van der Waals surface area (Å²) in [6, 6.07) is 3.48. The predicted octanol–water partition coefficient (Wildman–Crippen LogP) is 3.17. The van der Waals surface area contributed by atoms with Gasteiger partial charge in [-0.15, -0.1) is 11.3 Å². The van der Waals surface area contributed by atoms with Crippen LogP contribution in [-0.4, -0.2) is 24.0 Å². The van der Waals surface area contributed by atoms with E-state index in [-0.39, 0.29) is 11.9 Å². The zero-order valence-electron chi connectivity index (χ0n) is 11.0. The quantitative estimate of drug-likeness (QED) is 0.788. The van der Waals surface area contributed by atoms with Gasteiger partial charge in [-0.2, -0.15) is 0 Å². The van der Waals surface area contributed by atoms with Gasteiger partial charge in [-0.1, -0.05) is 0 Å². The standard InChI is InChI=1S/C14H15NO3S/c1-9(2)18-11-6-10(7-15-8-11)13(16)14-12(17-3)4-5-19-14/h4-9H,1-3H3. The molecule has 0 aliphatic heterocycles. The van der Waals surface area contributed by atoms with E-state index in [1.54, 1.807) is 25.4 Å². The lowest BCUT2D eigenvalue weighted by molar-refractivity contribution is 0.103. The van der Waals surface area contributed by atoms with Crippen LogP contribution in [0.4, 0.5) is 0 Å². The number of pyridine rings is 1. The average molecular weight is 277 g/mol. The predicted molar refractivity (Wildman–Crippen MR) is 74.3 cm³/mol. The molecule has 4 nitrogen and oxygen atoms in total. The van der Waals surface area contributed by atoms with Crippen molar-refractivity contribution in [2.75, 3.05) is 7.11 Å². The number of ketones is 1. The fourth-order valence-electron chi connectivity index (χ4n) is 1.63. The molecule has 19 heavy (non-hydrogen) atoms. The highest BCUT2D eigenvalue weighted by atomic mass is 32.1. The molecule has 0 aliphatic carbocycles. The van der Waals surface area contributed by atoms with Crippen LogP contribution in [0.2, 0.25) is 0 Å². The van der Waals surface area contributed by atoms with Crippen LogP contribution in [0.15, 0.2) is 29.9 Å². The molecule has 0 spiro atoms. The summed E-state index contributed by atoms with van der Waals surface area (Å²) < 4.78 is 10.7. The van der Waals surface area contributed by atoms with Crippen LogP contribution in [0, 0.1) is 0 Å². The Hall–Kier alpha value is -1.88. The van der Waals surface area contributed by atoms with E-state index in [1.807, 2.05) is 19.2 Å². The van der Waals surface area contributed by atoms with Crippen molar-refractivity contribution >= 4 is 17.1 Å². The third kappa shape index (κ3) is 3.12. The van der Waals surface area contributed by atoms with Gasteiger partial charge in [0, 0.05) is 11.8 Å². The molecule has 0 bridgehead atoms. The Labute approximate surface area is 116 Å². The first-order valence-corrected chi connectivity index (χ1v) is 6.77.